The van der Waals surface area contributed by atoms with Crippen molar-refractivity contribution in [2.75, 3.05) is 19.6 Å². The molecule has 3 aromatic rings. The summed E-state index contributed by atoms with van der Waals surface area (Å²) < 4.78 is 40.7. The highest BCUT2D eigenvalue weighted by atomic mass is 32.2. The monoisotopic (exact) mass is 666 g/mol. The van der Waals surface area contributed by atoms with Crippen LogP contribution < -0.4 is 14.2 Å². The normalized spacial score (nSPS) is 14.7. The molecule has 0 bridgehead atoms. The van der Waals surface area contributed by atoms with Crippen LogP contribution in [0.5, 0.6) is 5.75 Å². The summed E-state index contributed by atoms with van der Waals surface area (Å²) in [5, 5.41) is 10.8. The SMILES string of the molecule is CCNS(=O)(=O)NC(=O)c1ccc(-c2ccc(CCN(C[C@H](O)c3cccnc3)C(=O)OC(C)(C)C)cc2)cc1OC1CCCCC1. The summed E-state index contributed by atoms with van der Waals surface area (Å²) in [7, 11) is -4.00. The minimum absolute atomic E-state index is 0.0529. The number of aliphatic hydroxyl groups is 1. The number of hydrogen-bond acceptors (Lipinski definition) is 8. The number of nitrogens with one attached hydrogen (secondary N) is 2. The number of amides is 2. The van der Waals surface area contributed by atoms with E-state index in [9.17, 15) is 23.1 Å². The molecule has 254 valence electrons. The molecular weight excluding hydrogens is 620 g/mol. The van der Waals surface area contributed by atoms with E-state index in [1.807, 2.05) is 24.3 Å². The second kappa shape index (κ2) is 16.2. The van der Waals surface area contributed by atoms with Crippen molar-refractivity contribution in [3.63, 3.8) is 0 Å². The molecule has 0 saturated heterocycles. The summed E-state index contributed by atoms with van der Waals surface area (Å²) in [5.41, 5.74) is 2.73. The van der Waals surface area contributed by atoms with Crippen molar-refractivity contribution in [1.29, 1.82) is 0 Å². The van der Waals surface area contributed by atoms with Crippen LogP contribution in [0.15, 0.2) is 67.0 Å². The summed E-state index contributed by atoms with van der Waals surface area (Å²) in [6, 6.07) is 16.5. The number of rotatable bonds is 13. The van der Waals surface area contributed by atoms with Gasteiger partial charge in [-0.3, -0.25) is 9.78 Å². The van der Waals surface area contributed by atoms with Gasteiger partial charge in [0.2, 0.25) is 0 Å². The Labute approximate surface area is 277 Å². The van der Waals surface area contributed by atoms with Crippen LogP contribution in [0, 0.1) is 0 Å². The Morgan fingerprint density at radius 1 is 1.04 bits per heavy atom. The van der Waals surface area contributed by atoms with Gasteiger partial charge in [-0.25, -0.2) is 9.52 Å². The molecule has 11 nitrogen and oxygen atoms in total. The van der Waals surface area contributed by atoms with E-state index in [1.54, 1.807) is 70.4 Å². The second-order valence-electron chi connectivity index (χ2n) is 12.7. The first-order valence-electron chi connectivity index (χ1n) is 16.1. The molecule has 1 aliphatic rings. The fourth-order valence-corrected chi connectivity index (χ4v) is 6.16. The average Bonchev–Trinajstić information content (AvgIpc) is 3.03. The Morgan fingerprint density at radius 3 is 2.38 bits per heavy atom. The van der Waals surface area contributed by atoms with Crippen LogP contribution >= 0.6 is 0 Å². The summed E-state index contributed by atoms with van der Waals surface area (Å²) in [5.74, 6) is -0.426. The molecule has 0 unspecified atom stereocenters. The van der Waals surface area contributed by atoms with Crippen LogP contribution in [0.4, 0.5) is 4.79 Å². The van der Waals surface area contributed by atoms with Crippen LogP contribution in [-0.2, 0) is 21.4 Å². The van der Waals surface area contributed by atoms with E-state index in [2.05, 4.69) is 14.4 Å². The first kappa shape index (κ1) is 35.8. The standard InChI is InChI=1S/C35H46N4O7S/c1-5-37-47(43,44)38-33(41)30-18-17-27(22-32(30)45-29-11-7-6-8-12-29)26-15-13-25(14-16-26)19-21-39(34(42)46-35(2,3)4)24-31(40)28-10-9-20-36-23-28/h9-10,13-18,20,22-23,29,31,37,40H,5-8,11-12,19,21,24H2,1-4H3,(H,38,41)/t31-/m0/s1. The number of hydrogen-bond donors (Lipinski definition) is 3. The van der Waals surface area contributed by atoms with Crippen LogP contribution in [0.1, 0.15) is 87.4 Å². The molecule has 0 spiro atoms. The Hall–Kier alpha value is -4.00. The number of aromatic nitrogens is 1. The third kappa shape index (κ3) is 11.0. The van der Waals surface area contributed by atoms with Crippen LogP contribution in [0.3, 0.4) is 0 Å². The maximum absolute atomic E-state index is 13.0. The number of nitrogens with zero attached hydrogens (tertiary/aromatic N) is 2. The molecule has 1 saturated carbocycles. The molecule has 12 heteroatoms. The number of pyridine rings is 1. The van der Waals surface area contributed by atoms with Gasteiger partial charge in [-0.15, -0.1) is 0 Å². The molecule has 1 atom stereocenters. The fraction of sp³-hybridized carbons (Fsp3) is 0.457. The molecule has 2 amide bonds. The van der Waals surface area contributed by atoms with Crippen molar-refractivity contribution in [2.45, 2.75) is 84.0 Å². The Morgan fingerprint density at radius 2 is 1.74 bits per heavy atom. The zero-order valence-corrected chi connectivity index (χ0v) is 28.4. The molecule has 1 aromatic heterocycles. The molecule has 0 aliphatic heterocycles. The van der Waals surface area contributed by atoms with E-state index in [1.165, 1.54) is 4.90 Å². The van der Waals surface area contributed by atoms with E-state index < -0.39 is 33.9 Å². The molecule has 47 heavy (non-hydrogen) atoms. The maximum atomic E-state index is 13.0. The summed E-state index contributed by atoms with van der Waals surface area (Å²) in [4.78, 5) is 31.6. The second-order valence-corrected chi connectivity index (χ2v) is 14.2. The summed E-state index contributed by atoms with van der Waals surface area (Å²) >= 11 is 0. The predicted molar refractivity (Wildman–Crippen MR) is 180 cm³/mol. The first-order valence-corrected chi connectivity index (χ1v) is 17.6. The van der Waals surface area contributed by atoms with Crippen molar-refractivity contribution in [3.05, 3.63) is 83.7 Å². The topological polar surface area (TPSA) is 147 Å². The molecule has 1 fully saturated rings. The highest BCUT2D eigenvalue weighted by Crippen LogP contribution is 2.31. The van der Waals surface area contributed by atoms with E-state index in [0.717, 1.165) is 48.8 Å². The van der Waals surface area contributed by atoms with Gasteiger partial charge in [0.05, 0.1) is 24.3 Å². The highest BCUT2D eigenvalue weighted by molar-refractivity contribution is 7.88. The number of carbonyl (C=O) groups excluding carboxylic acids is 2. The molecule has 0 radical (unpaired) electrons. The van der Waals surface area contributed by atoms with Crippen LogP contribution in [0.25, 0.3) is 11.1 Å². The third-order valence-corrected chi connectivity index (χ3v) is 8.83. The zero-order chi connectivity index (χ0) is 34.0. The molecule has 3 N–H and O–H groups in total. The molecule has 4 rings (SSSR count). The molecule has 1 aliphatic carbocycles. The van der Waals surface area contributed by atoms with Crippen molar-refractivity contribution in [2.24, 2.45) is 0 Å². The summed E-state index contributed by atoms with van der Waals surface area (Å²) in [6.45, 7) is 7.56. The molecule has 1 heterocycles. The third-order valence-electron chi connectivity index (χ3n) is 7.71. The number of ether oxygens (including phenoxy) is 2. The average molecular weight is 667 g/mol. The lowest BCUT2D eigenvalue weighted by atomic mass is 9.97. The lowest BCUT2D eigenvalue weighted by molar-refractivity contribution is 0.0146. The lowest BCUT2D eigenvalue weighted by Gasteiger charge is -2.29. The Balaban J connectivity index is 1.51. The predicted octanol–water partition coefficient (Wildman–Crippen LogP) is 5.56. The fourth-order valence-electron chi connectivity index (χ4n) is 5.35. The van der Waals surface area contributed by atoms with E-state index in [0.29, 0.717) is 24.3 Å². The zero-order valence-electron chi connectivity index (χ0n) is 27.6. The van der Waals surface area contributed by atoms with E-state index >= 15 is 0 Å². The van der Waals surface area contributed by atoms with Gasteiger partial charge in [0.1, 0.15) is 11.4 Å². The van der Waals surface area contributed by atoms with Crippen LogP contribution in [-0.4, -0.2) is 66.7 Å². The van der Waals surface area contributed by atoms with Gasteiger partial charge in [0.25, 0.3) is 5.91 Å². The summed E-state index contributed by atoms with van der Waals surface area (Å²) in [6.07, 6.45) is 7.20. The first-order chi connectivity index (χ1) is 22.3. The highest BCUT2D eigenvalue weighted by Gasteiger charge is 2.25. The Bertz CT molecular complexity index is 1590. The molecular formula is C35H46N4O7S. The van der Waals surface area contributed by atoms with Gasteiger partial charge in [-0.2, -0.15) is 13.1 Å². The number of aliphatic hydroxyl groups excluding tert-OH is 1. The van der Waals surface area contributed by atoms with Gasteiger partial charge in [0.15, 0.2) is 0 Å². The largest absolute Gasteiger partial charge is 0.490 e. The number of carbonyl (C=O) groups is 2. The van der Waals surface area contributed by atoms with Gasteiger partial charge in [-0.1, -0.05) is 49.7 Å². The van der Waals surface area contributed by atoms with Crippen molar-refractivity contribution >= 4 is 22.2 Å². The minimum Gasteiger partial charge on any atom is -0.490 e. The number of benzene rings is 2. The van der Waals surface area contributed by atoms with E-state index in [4.69, 9.17) is 9.47 Å². The van der Waals surface area contributed by atoms with Gasteiger partial charge < -0.3 is 19.5 Å². The van der Waals surface area contributed by atoms with Gasteiger partial charge >= 0.3 is 16.3 Å². The van der Waals surface area contributed by atoms with Crippen molar-refractivity contribution < 1.29 is 32.6 Å². The van der Waals surface area contributed by atoms with Gasteiger partial charge in [0, 0.05) is 31.0 Å². The van der Waals surface area contributed by atoms with E-state index in [-0.39, 0.29) is 24.8 Å². The minimum atomic E-state index is -4.00. The van der Waals surface area contributed by atoms with Gasteiger partial charge in [-0.05, 0) is 87.8 Å². The van der Waals surface area contributed by atoms with Crippen molar-refractivity contribution in [1.82, 2.24) is 19.3 Å². The molecule has 2 aromatic carbocycles. The maximum Gasteiger partial charge on any atom is 0.410 e. The smallest absolute Gasteiger partial charge is 0.410 e. The lowest BCUT2D eigenvalue weighted by Crippen LogP contribution is -2.40. The van der Waals surface area contributed by atoms with Crippen LogP contribution in [0.2, 0.25) is 0 Å². The quantitative estimate of drug-likeness (QED) is 0.215. The van der Waals surface area contributed by atoms with Crippen molar-refractivity contribution in [3.8, 4) is 16.9 Å². The Kier molecular flexibility index (Phi) is 12.4.